The molecular formula is C18H22ClN4O2+. The van der Waals surface area contributed by atoms with Gasteiger partial charge in [-0.1, -0.05) is 23.7 Å². The van der Waals surface area contributed by atoms with Gasteiger partial charge in [-0.05, 0) is 18.2 Å². The Morgan fingerprint density at radius 3 is 2.60 bits per heavy atom. The highest BCUT2D eigenvalue weighted by molar-refractivity contribution is 6.30. The van der Waals surface area contributed by atoms with E-state index in [1.54, 1.807) is 18.2 Å². The second-order valence-corrected chi connectivity index (χ2v) is 6.71. The predicted molar refractivity (Wildman–Crippen MR) is 96.8 cm³/mol. The lowest BCUT2D eigenvalue weighted by molar-refractivity contribution is -0.886. The van der Waals surface area contributed by atoms with E-state index in [0.29, 0.717) is 17.3 Å². The molecule has 2 N–H and O–H groups in total. The summed E-state index contributed by atoms with van der Waals surface area (Å²) >= 11 is 5.89. The van der Waals surface area contributed by atoms with Crippen molar-refractivity contribution in [3.8, 4) is 11.3 Å². The van der Waals surface area contributed by atoms with Gasteiger partial charge in [0.05, 0.1) is 31.9 Å². The smallest absolute Gasteiger partial charge is 0.267 e. The molecule has 7 heteroatoms. The lowest BCUT2D eigenvalue weighted by Gasteiger charge is -2.12. The summed E-state index contributed by atoms with van der Waals surface area (Å²) in [5.41, 5.74) is 1.18. The molecule has 25 heavy (non-hydrogen) atoms. The second kappa shape index (κ2) is 8.27. The molecule has 0 spiro atoms. The van der Waals surface area contributed by atoms with Crippen molar-refractivity contribution in [2.75, 3.05) is 26.2 Å². The van der Waals surface area contributed by atoms with Gasteiger partial charge in [0.25, 0.3) is 5.56 Å². The maximum Gasteiger partial charge on any atom is 0.267 e. The Kier molecular flexibility index (Phi) is 5.83. The number of nitrogens with one attached hydrogen (secondary N) is 2. The number of quaternary nitrogens is 1. The lowest BCUT2D eigenvalue weighted by Crippen LogP contribution is -3.10. The number of rotatable bonds is 6. The molecule has 0 aliphatic carbocycles. The predicted octanol–water partition coefficient (Wildman–Crippen LogP) is 0.359. The third-order valence-electron chi connectivity index (χ3n) is 4.41. The van der Waals surface area contributed by atoms with Crippen molar-refractivity contribution in [1.29, 1.82) is 0 Å². The highest BCUT2D eigenvalue weighted by Crippen LogP contribution is 2.18. The molecule has 0 saturated carbocycles. The van der Waals surface area contributed by atoms with E-state index in [9.17, 15) is 9.59 Å². The molecule has 3 rings (SSSR count). The van der Waals surface area contributed by atoms with E-state index in [4.69, 9.17) is 11.6 Å². The maximum atomic E-state index is 12.1. The Morgan fingerprint density at radius 1 is 1.16 bits per heavy atom. The minimum atomic E-state index is -0.293. The van der Waals surface area contributed by atoms with Crippen LogP contribution in [0.15, 0.2) is 41.2 Å². The van der Waals surface area contributed by atoms with Crippen molar-refractivity contribution in [3.63, 3.8) is 0 Å². The Bertz CT molecular complexity index is 782. The van der Waals surface area contributed by atoms with Crippen LogP contribution in [0.4, 0.5) is 0 Å². The molecule has 132 valence electrons. The summed E-state index contributed by atoms with van der Waals surface area (Å²) in [7, 11) is 0. The van der Waals surface area contributed by atoms with Crippen LogP contribution >= 0.6 is 11.6 Å². The van der Waals surface area contributed by atoms with Crippen molar-refractivity contribution in [1.82, 2.24) is 15.1 Å². The van der Waals surface area contributed by atoms with E-state index >= 15 is 0 Å². The highest BCUT2D eigenvalue weighted by Gasteiger charge is 2.15. The standard InChI is InChI=1S/C18H21ClN4O2/c19-15-5-3-14(4-6-15)16-7-8-18(25)23(21-16)13-17(24)20-9-12-22-10-1-2-11-22/h3-8H,1-2,9-13H2,(H,20,24)/p+1. The van der Waals surface area contributed by atoms with Gasteiger partial charge in [0.2, 0.25) is 5.91 Å². The van der Waals surface area contributed by atoms with Crippen LogP contribution in [0.3, 0.4) is 0 Å². The molecule has 2 aromatic rings. The summed E-state index contributed by atoms with van der Waals surface area (Å²) < 4.78 is 1.20. The molecular weight excluding hydrogens is 340 g/mol. The van der Waals surface area contributed by atoms with E-state index in [2.05, 4.69) is 10.4 Å². The van der Waals surface area contributed by atoms with Crippen LogP contribution in [0.5, 0.6) is 0 Å². The molecule has 0 radical (unpaired) electrons. The molecule has 2 heterocycles. The number of halogens is 1. The molecule has 1 fully saturated rings. The topological polar surface area (TPSA) is 68.4 Å². The van der Waals surface area contributed by atoms with Crippen LogP contribution in [0.1, 0.15) is 12.8 Å². The van der Waals surface area contributed by atoms with Crippen LogP contribution < -0.4 is 15.8 Å². The van der Waals surface area contributed by atoms with Gasteiger partial charge in [-0.15, -0.1) is 0 Å². The fraction of sp³-hybridized carbons (Fsp3) is 0.389. The van der Waals surface area contributed by atoms with Gasteiger partial charge in [-0.3, -0.25) is 9.59 Å². The summed E-state index contributed by atoms with van der Waals surface area (Å²) in [5.74, 6) is -0.193. The van der Waals surface area contributed by atoms with Crippen LogP contribution in [-0.2, 0) is 11.3 Å². The minimum absolute atomic E-state index is 0.0738. The monoisotopic (exact) mass is 361 g/mol. The molecule has 1 saturated heterocycles. The number of benzene rings is 1. The lowest BCUT2D eigenvalue weighted by atomic mass is 10.1. The molecule has 1 aromatic carbocycles. The number of carbonyl (C=O) groups is 1. The van der Waals surface area contributed by atoms with Crippen LogP contribution in [-0.4, -0.2) is 41.9 Å². The summed E-state index contributed by atoms with van der Waals surface area (Å²) in [4.78, 5) is 25.6. The number of hydrogen-bond acceptors (Lipinski definition) is 3. The SMILES string of the molecule is O=C(Cn1nc(-c2ccc(Cl)cc2)ccc1=O)NCC[NH+]1CCCC1. The fourth-order valence-corrected chi connectivity index (χ4v) is 3.16. The van der Waals surface area contributed by atoms with E-state index in [1.807, 2.05) is 12.1 Å². The van der Waals surface area contributed by atoms with Gasteiger partial charge in [0.1, 0.15) is 6.54 Å². The van der Waals surface area contributed by atoms with Crippen molar-refractivity contribution in [2.45, 2.75) is 19.4 Å². The fourth-order valence-electron chi connectivity index (χ4n) is 3.03. The molecule has 0 unspecified atom stereocenters. The van der Waals surface area contributed by atoms with Crippen molar-refractivity contribution in [3.05, 3.63) is 51.8 Å². The average molecular weight is 362 g/mol. The third kappa shape index (κ3) is 4.90. The number of nitrogens with zero attached hydrogens (tertiary/aromatic N) is 2. The number of amides is 1. The number of carbonyl (C=O) groups excluding carboxylic acids is 1. The summed E-state index contributed by atoms with van der Waals surface area (Å²) in [5, 5.41) is 7.80. The van der Waals surface area contributed by atoms with E-state index in [1.165, 1.54) is 41.6 Å². The maximum absolute atomic E-state index is 12.1. The average Bonchev–Trinajstić information content (AvgIpc) is 3.11. The Morgan fingerprint density at radius 2 is 1.88 bits per heavy atom. The molecule has 1 aromatic heterocycles. The first-order chi connectivity index (χ1) is 12.1. The van der Waals surface area contributed by atoms with Gasteiger partial charge in [-0.25, -0.2) is 4.68 Å². The quantitative estimate of drug-likeness (QED) is 0.780. The van der Waals surface area contributed by atoms with Gasteiger partial charge in [0.15, 0.2) is 0 Å². The largest absolute Gasteiger partial charge is 0.349 e. The summed E-state index contributed by atoms with van der Waals surface area (Å²) in [6.07, 6.45) is 2.53. The zero-order chi connectivity index (χ0) is 17.6. The minimum Gasteiger partial charge on any atom is -0.349 e. The van der Waals surface area contributed by atoms with Gasteiger partial charge >= 0.3 is 0 Å². The molecule has 0 bridgehead atoms. The highest BCUT2D eigenvalue weighted by atomic mass is 35.5. The van der Waals surface area contributed by atoms with Gasteiger partial charge < -0.3 is 10.2 Å². The second-order valence-electron chi connectivity index (χ2n) is 6.28. The van der Waals surface area contributed by atoms with Crippen molar-refractivity contribution < 1.29 is 9.69 Å². The summed E-state index contributed by atoms with van der Waals surface area (Å²) in [6.45, 7) is 3.84. The zero-order valence-corrected chi connectivity index (χ0v) is 14.8. The van der Waals surface area contributed by atoms with E-state index < -0.39 is 0 Å². The normalized spacial score (nSPS) is 14.6. The molecule has 6 nitrogen and oxygen atoms in total. The number of hydrogen-bond donors (Lipinski definition) is 2. The molecule has 1 amide bonds. The molecule has 1 aliphatic rings. The summed E-state index contributed by atoms with van der Waals surface area (Å²) in [6, 6.07) is 10.3. The van der Waals surface area contributed by atoms with Gasteiger partial charge in [0, 0.05) is 29.5 Å². The zero-order valence-electron chi connectivity index (χ0n) is 14.0. The first kappa shape index (κ1) is 17.6. The Hall–Kier alpha value is -2.18. The Labute approximate surface area is 151 Å². The van der Waals surface area contributed by atoms with Crippen molar-refractivity contribution in [2.24, 2.45) is 0 Å². The van der Waals surface area contributed by atoms with E-state index in [0.717, 1.165) is 12.1 Å². The molecule has 0 atom stereocenters. The van der Waals surface area contributed by atoms with Crippen LogP contribution in [0.25, 0.3) is 11.3 Å². The van der Waals surface area contributed by atoms with E-state index in [-0.39, 0.29) is 18.0 Å². The number of likely N-dealkylation sites (tertiary alicyclic amines) is 1. The number of aromatic nitrogens is 2. The Balaban J connectivity index is 1.61. The molecule has 1 aliphatic heterocycles. The van der Waals surface area contributed by atoms with Crippen LogP contribution in [0.2, 0.25) is 5.02 Å². The first-order valence-corrected chi connectivity index (χ1v) is 8.94. The van der Waals surface area contributed by atoms with Gasteiger partial charge in [-0.2, -0.15) is 5.10 Å². The third-order valence-corrected chi connectivity index (χ3v) is 4.66. The first-order valence-electron chi connectivity index (χ1n) is 8.56. The van der Waals surface area contributed by atoms with Crippen LogP contribution in [0, 0.1) is 0 Å². The van der Waals surface area contributed by atoms with Crippen molar-refractivity contribution >= 4 is 17.5 Å².